The maximum absolute atomic E-state index is 11.1. The van der Waals surface area contributed by atoms with Crippen molar-refractivity contribution in [3.63, 3.8) is 0 Å². The maximum Gasteiger partial charge on any atom is 0.287 e. The van der Waals surface area contributed by atoms with Crippen LogP contribution in [0.2, 0.25) is 0 Å². The third-order valence-corrected chi connectivity index (χ3v) is 3.39. The molecular weight excluding hydrogens is 242 g/mol. The smallest absolute Gasteiger partial charge is 0.287 e. The molecule has 0 saturated carbocycles. The average Bonchev–Trinajstić information content (AvgIpc) is 2.27. The van der Waals surface area contributed by atoms with Gasteiger partial charge in [0.1, 0.15) is 12.0 Å². The molecule has 17 heavy (non-hydrogen) atoms. The number of hydrogen-bond donors (Lipinski definition) is 0. The lowest BCUT2D eigenvalue weighted by Gasteiger charge is -2.24. The Kier molecular flexibility index (Phi) is 4.56. The minimum Gasteiger partial charge on any atom is -0.356 e. The number of nitrogens with zero attached hydrogens (tertiary/aromatic N) is 3. The zero-order valence-electron chi connectivity index (χ0n) is 9.99. The van der Waals surface area contributed by atoms with Gasteiger partial charge < -0.3 is 4.90 Å². The van der Waals surface area contributed by atoms with Crippen LogP contribution in [0, 0.1) is 10.1 Å². The number of nitro groups is 1. The van der Waals surface area contributed by atoms with E-state index in [2.05, 4.69) is 4.98 Å². The molecule has 0 amide bonds. The van der Waals surface area contributed by atoms with E-state index in [0.29, 0.717) is 11.6 Å². The van der Waals surface area contributed by atoms with Gasteiger partial charge in [-0.3, -0.25) is 14.3 Å². The van der Waals surface area contributed by atoms with E-state index in [9.17, 15) is 14.3 Å². The molecule has 2 atom stereocenters. The predicted octanol–water partition coefficient (Wildman–Crippen LogP) is 1.19. The third kappa shape index (κ3) is 3.77. The van der Waals surface area contributed by atoms with Crippen molar-refractivity contribution in [1.29, 1.82) is 0 Å². The summed E-state index contributed by atoms with van der Waals surface area (Å²) in [5.41, 5.74) is -0.0335. The second-order valence-corrected chi connectivity index (χ2v) is 5.31. The highest BCUT2D eigenvalue weighted by Gasteiger charge is 2.14. The van der Waals surface area contributed by atoms with Crippen molar-refractivity contribution >= 4 is 22.3 Å². The van der Waals surface area contributed by atoms with Gasteiger partial charge in [0.2, 0.25) is 0 Å². The minimum atomic E-state index is -0.879. The first-order valence-electron chi connectivity index (χ1n) is 5.05. The summed E-state index contributed by atoms with van der Waals surface area (Å²) in [5.74, 6) is 1.17. The molecule has 1 heterocycles. The van der Waals surface area contributed by atoms with E-state index in [-0.39, 0.29) is 11.7 Å². The Labute approximate surface area is 102 Å². The van der Waals surface area contributed by atoms with Crippen molar-refractivity contribution in [3.8, 4) is 0 Å². The van der Waals surface area contributed by atoms with Crippen molar-refractivity contribution in [2.45, 2.75) is 13.0 Å². The summed E-state index contributed by atoms with van der Waals surface area (Å²) in [6.45, 7) is 1.94. The van der Waals surface area contributed by atoms with Crippen molar-refractivity contribution < 1.29 is 9.13 Å². The normalized spacial score (nSPS) is 14.1. The molecular formula is C10H15N3O3S. The molecule has 6 nitrogen and oxygen atoms in total. The summed E-state index contributed by atoms with van der Waals surface area (Å²) in [6, 6.07) is 3.07. The van der Waals surface area contributed by atoms with Crippen LogP contribution >= 0.6 is 0 Å². The van der Waals surface area contributed by atoms with Crippen LogP contribution in [-0.4, -0.2) is 39.2 Å². The zero-order valence-corrected chi connectivity index (χ0v) is 10.8. The zero-order chi connectivity index (χ0) is 13.0. The van der Waals surface area contributed by atoms with Gasteiger partial charge in [-0.15, -0.1) is 0 Å². The molecule has 2 unspecified atom stereocenters. The monoisotopic (exact) mass is 257 g/mol. The van der Waals surface area contributed by atoms with Crippen LogP contribution in [0.1, 0.15) is 6.92 Å². The molecule has 0 aliphatic rings. The molecule has 0 fully saturated rings. The molecule has 0 bridgehead atoms. The third-order valence-electron chi connectivity index (χ3n) is 2.44. The van der Waals surface area contributed by atoms with Gasteiger partial charge in [0.25, 0.3) is 5.69 Å². The van der Waals surface area contributed by atoms with E-state index in [0.717, 1.165) is 0 Å². The molecule has 0 saturated heterocycles. The van der Waals surface area contributed by atoms with Crippen LogP contribution in [0.4, 0.5) is 11.5 Å². The average molecular weight is 257 g/mol. The summed E-state index contributed by atoms with van der Waals surface area (Å²) in [6.07, 6.45) is 2.87. The van der Waals surface area contributed by atoms with Crippen LogP contribution in [0.5, 0.6) is 0 Å². The van der Waals surface area contributed by atoms with E-state index in [4.69, 9.17) is 0 Å². The number of rotatable bonds is 5. The maximum atomic E-state index is 11.1. The molecule has 94 valence electrons. The fourth-order valence-corrected chi connectivity index (χ4v) is 2.28. The second-order valence-electron chi connectivity index (χ2n) is 3.83. The van der Waals surface area contributed by atoms with Gasteiger partial charge in [0.05, 0.1) is 4.92 Å². The Balaban J connectivity index is 2.78. The lowest BCUT2D eigenvalue weighted by atomic mass is 10.3. The van der Waals surface area contributed by atoms with Crippen LogP contribution in [0.25, 0.3) is 0 Å². The van der Waals surface area contributed by atoms with Crippen molar-refractivity contribution in [2.75, 3.05) is 24.0 Å². The van der Waals surface area contributed by atoms with Crippen molar-refractivity contribution in [3.05, 3.63) is 28.4 Å². The largest absolute Gasteiger partial charge is 0.356 e. The van der Waals surface area contributed by atoms with Gasteiger partial charge in [-0.1, -0.05) is 0 Å². The molecule has 0 aliphatic heterocycles. The highest BCUT2D eigenvalue weighted by atomic mass is 32.2. The number of hydrogen-bond acceptors (Lipinski definition) is 5. The molecule has 1 rings (SSSR count). The van der Waals surface area contributed by atoms with Gasteiger partial charge in [0, 0.05) is 42.0 Å². The summed E-state index contributed by atoms with van der Waals surface area (Å²) in [5, 5.41) is 10.5. The van der Waals surface area contributed by atoms with Crippen LogP contribution in [0.15, 0.2) is 18.3 Å². The van der Waals surface area contributed by atoms with E-state index >= 15 is 0 Å². The van der Waals surface area contributed by atoms with Crippen molar-refractivity contribution in [2.24, 2.45) is 0 Å². The highest BCUT2D eigenvalue weighted by Crippen LogP contribution is 2.16. The van der Waals surface area contributed by atoms with Gasteiger partial charge in [-0.2, -0.15) is 0 Å². The lowest BCUT2D eigenvalue weighted by Crippen LogP contribution is -2.33. The van der Waals surface area contributed by atoms with Crippen LogP contribution in [0.3, 0.4) is 0 Å². The Morgan fingerprint density at radius 3 is 2.65 bits per heavy atom. The molecule has 1 aromatic rings. The highest BCUT2D eigenvalue weighted by molar-refractivity contribution is 7.84. The van der Waals surface area contributed by atoms with Crippen LogP contribution in [-0.2, 0) is 10.8 Å². The quantitative estimate of drug-likeness (QED) is 0.585. The fraction of sp³-hybridized carbons (Fsp3) is 0.500. The summed E-state index contributed by atoms with van der Waals surface area (Å²) >= 11 is 0. The van der Waals surface area contributed by atoms with E-state index in [1.165, 1.54) is 12.3 Å². The molecule has 7 heteroatoms. The Morgan fingerprint density at radius 2 is 2.24 bits per heavy atom. The van der Waals surface area contributed by atoms with Crippen molar-refractivity contribution in [1.82, 2.24) is 4.98 Å². The summed E-state index contributed by atoms with van der Waals surface area (Å²) < 4.78 is 11.1. The number of pyridine rings is 1. The Hall–Kier alpha value is -1.50. The minimum absolute atomic E-state index is 0.0335. The first-order valence-corrected chi connectivity index (χ1v) is 6.78. The number of anilines is 1. The van der Waals surface area contributed by atoms with Gasteiger partial charge in [-0.05, 0) is 13.0 Å². The second kappa shape index (κ2) is 5.72. The molecule has 1 aromatic heterocycles. The standard InChI is InChI=1S/C10H15N3O3S/c1-8(7-17(3)16)12(2)10-5-4-9(6-11-10)13(14)15/h4-6,8H,7H2,1-3H3. The first kappa shape index (κ1) is 13.6. The van der Waals surface area contributed by atoms with Gasteiger partial charge in [0.15, 0.2) is 0 Å². The molecule has 0 radical (unpaired) electrons. The Bertz CT molecular complexity index is 421. The van der Waals surface area contributed by atoms with E-state index in [1.54, 1.807) is 12.3 Å². The van der Waals surface area contributed by atoms with E-state index in [1.807, 2.05) is 18.9 Å². The molecule has 0 aliphatic carbocycles. The topological polar surface area (TPSA) is 76.3 Å². The van der Waals surface area contributed by atoms with Gasteiger partial charge in [-0.25, -0.2) is 4.98 Å². The molecule has 0 aromatic carbocycles. The van der Waals surface area contributed by atoms with Gasteiger partial charge >= 0.3 is 0 Å². The molecule has 0 spiro atoms. The lowest BCUT2D eigenvalue weighted by molar-refractivity contribution is -0.385. The predicted molar refractivity (Wildman–Crippen MR) is 67.7 cm³/mol. The van der Waals surface area contributed by atoms with E-state index < -0.39 is 15.7 Å². The Morgan fingerprint density at radius 1 is 1.59 bits per heavy atom. The number of aromatic nitrogens is 1. The van der Waals surface area contributed by atoms with Crippen LogP contribution < -0.4 is 4.90 Å². The molecule has 0 N–H and O–H groups in total. The summed E-state index contributed by atoms with van der Waals surface area (Å²) in [4.78, 5) is 15.9. The first-order chi connectivity index (χ1) is 7.91. The summed E-state index contributed by atoms with van der Waals surface area (Å²) in [7, 11) is 0.946. The fourth-order valence-electron chi connectivity index (χ4n) is 1.37. The SMILES string of the molecule is CC(CS(C)=O)N(C)c1ccc([N+](=O)[O-])cn1.